The van der Waals surface area contributed by atoms with Crippen LogP contribution in [0.3, 0.4) is 0 Å². The summed E-state index contributed by atoms with van der Waals surface area (Å²) in [5, 5.41) is 2.82. The van der Waals surface area contributed by atoms with Crippen LogP contribution in [0.1, 0.15) is 19.8 Å². The number of ether oxygens (including phenoxy) is 1. The van der Waals surface area contributed by atoms with Crippen LogP contribution < -0.4 is 15.8 Å². The quantitative estimate of drug-likeness (QED) is 0.780. The van der Waals surface area contributed by atoms with Crippen molar-refractivity contribution in [2.24, 2.45) is 0 Å². The van der Waals surface area contributed by atoms with Gasteiger partial charge in [0.25, 0.3) is 5.91 Å². The molecule has 0 spiro atoms. The molecule has 1 unspecified atom stereocenters. The van der Waals surface area contributed by atoms with Crippen LogP contribution >= 0.6 is 0 Å². The van der Waals surface area contributed by atoms with E-state index in [1.54, 1.807) is 13.0 Å². The largest absolute Gasteiger partial charge is 0.481 e. The van der Waals surface area contributed by atoms with E-state index in [2.05, 4.69) is 5.32 Å². The molecule has 4 nitrogen and oxygen atoms in total. The number of amides is 1. The zero-order valence-corrected chi connectivity index (χ0v) is 9.57. The summed E-state index contributed by atoms with van der Waals surface area (Å²) in [7, 11) is 0. The summed E-state index contributed by atoms with van der Waals surface area (Å²) in [4.78, 5) is 11.6. The van der Waals surface area contributed by atoms with E-state index in [1.165, 1.54) is 12.1 Å². The highest BCUT2D eigenvalue weighted by atomic mass is 19.1. The maximum atomic E-state index is 13.1. The van der Waals surface area contributed by atoms with Gasteiger partial charge in [-0.05, 0) is 31.9 Å². The van der Waals surface area contributed by atoms with E-state index in [1.807, 2.05) is 0 Å². The SMILES string of the molecule is CC(Oc1ccc(N)c(F)c1)C(=O)NC1CC1. The molecule has 0 radical (unpaired) electrons. The number of hydrogen-bond donors (Lipinski definition) is 2. The van der Waals surface area contributed by atoms with Gasteiger partial charge in [0.2, 0.25) is 0 Å². The van der Waals surface area contributed by atoms with Crippen LogP contribution in [0, 0.1) is 5.82 Å². The standard InChI is InChI=1S/C12H15FN2O2/c1-7(12(16)15-8-2-3-8)17-9-4-5-11(14)10(13)6-9/h4-8H,2-3,14H2,1H3,(H,15,16). The van der Waals surface area contributed by atoms with Gasteiger partial charge in [-0.25, -0.2) is 4.39 Å². The second kappa shape index (κ2) is 4.61. The van der Waals surface area contributed by atoms with E-state index in [-0.39, 0.29) is 17.6 Å². The van der Waals surface area contributed by atoms with E-state index in [9.17, 15) is 9.18 Å². The molecule has 2 rings (SSSR count). The number of carbonyl (C=O) groups is 1. The van der Waals surface area contributed by atoms with Crippen molar-refractivity contribution in [1.82, 2.24) is 5.32 Å². The van der Waals surface area contributed by atoms with Crippen molar-refractivity contribution < 1.29 is 13.9 Å². The molecule has 1 aliphatic carbocycles. The summed E-state index contributed by atoms with van der Waals surface area (Å²) in [5.41, 5.74) is 5.41. The van der Waals surface area contributed by atoms with Crippen LogP contribution in [0.15, 0.2) is 18.2 Å². The summed E-state index contributed by atoms with van der Waals surface area (Å²) in [6.07, 6.45) is 1.41. The minimum Gasteiger partial charge on any atom is -0.481 e. The number of nitrogens with one attached hydrogen (secondary N) is 1. The van der Waals surface area contributed by atoms with Gasteiger partial charge >= 0.3 is 0 Å². The van der Waals surface area contributed by atoms with Gasteiger partial charge in [0.15, 0.2) is 6.10 Å². The van der Waals surface area contributed by atoms with E-state index in [0.29, 0.717) is 5.75 Å². The van der Waals surface area contributed by atoms with Gasteiger partial charge in [-0.1, -0.05) is 0 Å². The van der Waals surface area contributed by atoms with Crippen molar-refractivity contribution in [2.45, 2.75) is 31.9 Å². The molecule has 1 amide bonds. The summed E-state index contributed by atoms with van der Waals surface area (Å²) < 4.78 is 18.5. The van der Waals surface area contributed by atoms with Crippen LogP contribution in [0.25, 0.3) is 0 Å². The van der Waals surface area contributed by atoms with E-state index in [0.717, 1.165) is 12.8 Å². The molecule has 0 saturated heterocycles. The molecule has 1 atom stereocenters. The van der Waals surface area contributed by atoms with Gasteiger partial charge in [0.05, 0.1) is 5.69 Å². The first kappa shape index (κ1) is 11.7. The Bertz CT molecular complexity index is 433. The van der Waals surface area contributed by atoms with Crippen molar-refractivity contribution in [3.05, 3.63) is 24.0 Å². The molecule has 17 heavy (non-hydrogen) atoms. The topological polar surface area (TPSA) is 64.3 Å². The Hall–Kier alpha value is -1.78. The number of hydrogen-bond acceptors (Lipinski definition) is 3. The van der Waals surface area contributed by atoms with E-state index >= 15 is 0 Å². The Labute approximate surface area is 98.9 Å². The summed E-state index contributed by atoms with van der Waals surface area (Å²) in [6.45, 7) is 1.63. The number of anilines is 1. The van der Waals surface area contributed by atoms with Crippen LogP contribution in [0.2, 0.25) is 0 Å². The highest BCUT2D eigenvalue weighted by Crippen LogP contribution is 2.21. The van der Waals surface area contributed by atoms with Crippen LogP contribution in [0.4, 0.5) is 10.1 Å². The smallest absolute Gasteiger partial charge is 0.260 e. The highest BCUT2D eigenvalue weighted by molar-refractivity contribution is 5.81. The normalized spacial score (nSPS) is 16.4. The Morgan fingerprint density at radius 2 is 2.29 bits per heavy atom. The maximum Gasteiger partial charge on any atom is 0.260 e. The zero-order valence-electron chi connectivity index (χ0n) is 9.57. The first-order valence-electron chi connectivity index (χ1n) is 5.58. The lowest BCUT2D eigenvalue weighted by atomic mass is 10.3. The fourth-order valence-corrected chi connectivity index (χ4v) is 1.39. The van der Waals surface area contributed by atoms with E-state index < -0.39 is 11.9 Å². The lowest BCUT2D eigenvalue weighted by Crippen LogP contribution is -2.37. The third-order valence-corrected chi connectivity index (χ3v) is 2.58. The molecule has 0 heterocycles. The van der Waals surface area contributed by atoms with Gasteiger partial charge in [0.1, 0.15) is 11.6 Å². The molecular formula is C12H15FN2O2. The Kier molecular flexibility index (Phi) is 3.17. The molecule has 92 valence electrons. The fraction of sp³-hybridized carbons (Fsp3) is 0.417. The number of nitrogens with two attached hydrogens (primary N) is 1. The summed E-state index contributed by atoms with van der Waals surface area (Å²) in [6, 6.07) is 4.42. The maximum absolute atomic E-state index is 13.1. The van der Waals surface area contributed by atoms with Crippen LogP contribution in [-0.2, 0) is 4.79 Å². The Morgan fingerprint density at radius 3 is 2.88 bits per heavy atom. The van der Waals surface area contributed by atoms with Gasteiger partial charge < -0.3 is 15.8 Å². The molecule has 0 aromatic heterocycles. The van der Waals surface area contributed by atoms with Crippen molar-refractivity contribution in [3.63, 3.8) is 0 Å². The monoisotopic (exact) mass is 238 g/mol. The third-order valence-electron chi connectivity index (χ3n) is 2.58. The number of benzene rings is 1. The fourth-order valence-electron chi connectivity index (χ4n) is 1.39. The van der Waals surface area contributed by atoms with Gasteiger partial charge in [-0.3, -0.25) is 4.79 Å². The average molecular weight is 238 g/mol. The number of carbonyl (C=O) groups excluding carboxylic acids is 1. The predicted molar refractivity (Wildman–Crippen MR) is 62.1 cm³/mol. The molecule has 1 aromatic carbocycles. The Balaban J connectivity index is 1.94. The molecule has 1 aliphatic rings. The lowest BCUT2D eigenvalue weighted by molar-refractivity contribution is -0.127. The molecule has 1 saturated carbocycles. The summed E-state index contributed by atoms with van der Waals surface area (Å²) >= 11 is 0. The molecule has 3 N–H and O–H groups in total. The van der Waals surface area contributed by atoms with Crippen molar-refractivity contribution >= 4 is 11.6 Å². The van der Waals surface area contributed by atoms with Crippen LogP contribution in [-0.4, -0.2) is 18.1 Å². The zero-order chi connectivity index (χ0) is 12.4. The number of nitrogen functional groups attached to an aromatic ring is 1. The molecule has 0 aliphatic heterocycles. The Morgan fingerprint density at radius 1 is 1.59 bits per heavy atom. The second-order valence-electron chi connectivity index (χ2n) is 4.23. The first-order chi connectivity index (χ1) is 8.06. The molecular weight excluding hydrogens is 223 g/mol. The second-order valence-corrected chi connectivity index (χ2v) is 4.23. The average Bonchev–Trinajstić information content (AvgIpc) is 3.07. The minimum absolute atomic E-state index is 0.0624. The first-order valence-corrected chi connectivity index (χ1v) is 5.58. The van der Waals surface area contributed by atoms with Crippen LogP contribution in [0.5, 0.6) is 5.75 Å². The third kappa shape index (κ3) is 3.09. The van der Waals surface area contributed by atoms with Crippen molar-refractivity contribution in [3.8, 4) is 5.75 Å². The van der Waals surface area contributed by atoms with Crippen molar-refractivity contribution in [2.75, 3.05) is 5.73 Å². The molecule has 1 aromatic rings. The van der Waals surface area contributed by atoms with Gasteiger partial charge in [-0.15, -0.1) is 0 Å². The van der Waals surface area contributed by atoms with Gasteiger partial charge in [0, 0.05) is 12.1 Å². The number of rotatable bonds is 4. The predicted octanol–water partition coefficient (Wildman–Crippen LogP) is 1.45. The molecule has 1 fully saturated rings. The summed E-state index contributed by atoms with van der Waals surface area (Å²) in [5.74, 6) is -0.419. The highest BCUT2D eigenvalue weighted by Gasteiger charge is 2.26. The molecule has 0 bridgehead atoms. The number of halogens is 1. The minimum atomic E-state index is -0.640. The van der Waals surface area contributed by atoms with Crippen molar-refractivity contribution in [1.29, 1.82) is 0 Å². The lowest BCUT2D eigenvalue weighted by Gasteiger charge is -2.14. The molecule has 5 heteroatoms. The van der Waals surface area contributed by atoms with E-state index in [4.69, 9.17) is 10.5 Å². The van der Waals surface area contributed by atoms with Gasteiger partial charge in [-0.2, -0.15) is 0 Å².